The van der Waals surface area contributed by atoms with Gasteiger partial charge in [0, 0.05) is 56.8 Å². The number of fused-ring (bicyclic) bond motifs is 1. The van der Waals surface area contributed by atoms with E-state index in [9.17, 15) is 31.5 Å². The Morgan fingerprint density at radius 2 is 1.91 bits per heavy atom. The van der Waals surface area contributed by atoms with E-state index in [-0.39, 0.29) is 31.6 Å². The lowest BCUT2D eigenvalue weighted by Crippen LogP contribution is -2.56. The number of aldehydes is 1. The van der Waals surface area contributed by atoms with E-state index in [1.165, 1.54) is 0 Å². The van der Waals surface area contributed by atoms with Crippen LogP contribution in [0.5, 0.6) is 0 Å². The predicted molar refractivity (Wildman–Crippen MR) is 163 cm³/mol. The van der Waals surface area contributed by atoms with E-state index in [1.807, 2.05) is 6.92 Å². The molecular formula is C30H43F5N8O4. The van der Waals surface area contributed by atoms with Crippen LogP contribution in [-0.2, 0) is 20.8 Å². The van der Waals surface area contributed by atoms with Gasteiger partial charge in [0.1, 0.15) is 11.8 Å². The lowest BCUT2D eigenvalue weighted by molar-refractivity contribution is -0.238. The van der Waals surface area contributed by atoms with Crippen molar-refractivity contribution in [3.63, 3.8) is 0 Å². The van der Waals surface area contributed by atoms with Crippen LogP contribution in [0, 0.1) is 5.92 Å². The number of imidazole rings is 1. The highest BCUT2D eigenvalue weighted by Gasteiger charge is 2.47. The van der Waals surface area contributed by atoms with Crippen molar-refractivity contribution in [2.24, 2.45) is 10.9 Å². The first-order valence-electron chi connectivity index (χ1n) is 15.9. The van der Waals surface area contributed by atoms with E-state index in [2.05, 4.69) is 26.1 Å². The van der Waals surface area contributed by atoms with Crippen molar-refractivity contribution in [3.05, 3.63) is 29.8 Å². The van der Waals surface area contributed by atoms with Crippen molar-refractivity contribution in [1.82, 2.24) is 30.1 Å². The van der Waals surface area contributed by atoms with Crippen LogP contribution in [0.25, 0.3) is 0 Å². The molecule has 0 saturated carbocycles. The number of halogens is 5. The molecule has 0 spiro atoms. The van der Waals surface area contributed by atoms with Crippen molar-refractivity contribution in [3.8, 4) is 0 Å². The van der Waals surface area contributed by atoms with Crippen molar-refractivity contribution in [2.45, 2.75) is 102 Å². The first-order valence-corrected chi connectivity index (χ1v) is 15.9. The van der Waals surface area contributed by atoms with E-state index in [0.29, 0.717) is 55.5 Å². The summed E-state index contributed by atoms with van der Waals surface area (Å²) in [5.74, 6) is -3.08. The SMILES string of the molecule is CCCC(F)(F)CCC(NC)c1cn2c(n1)N=C(C1CCOCC1)C(CC1OC(C(F)(F)F)CNC1=O)N2.CCn1nccc1C=O. The van der Waals surface area contributed by atoms with E-state index < -0.39 is 48.8 Å². The second-order valence-corrected chi connectivity index (χ2v) is 11.8. The second kappa shape index (κ2) is 16.1. The van der Waals surface area contributed by atoms with Crippen molar-refractivity contribution in [1.29, 1.82) is 0 Å². The molecule has 5 heterocycles. The normalized spacial score (nSPS) is 22.7. The lowest BCUT2D eigenvalue weighted by atomic mass is 9.87. The number of ether oxygens (including phenoxy) is 2. The second-order valence-electron chi connectivity index (χ2n) is 11.8. The van der Waals surface area contributed by atoms with E-state index >= 15 is 0 Å². The van der Waals surface area contributed by atoms with Gasteiger partial charge in [-0.3, -0.25) is 14.3 Å². The van der Waals surface area contributed by atoms with Crippen LogP contribution < -0.4 is 16.1 Å². The third-order valence-corrected chi connectivity index (χ3v) is 8.41. The van der Waals surface area contributed by atoms with Gasteiger partial charge < -0.3 is 25.5 Å². The Hall–Kier alpha value is -3.44. The predicted octanol–water partition coefficient (Wildman–Crippen LogP) is 4.34. The summed E-state index contributed by atoms with van der Waals surface area (Å²) in [6.45, 7) is 4.81. The highest BCUT2D eigenvalue weighted by molar-refractivity contribution is 5.96. The zero-order chi connectivity index (χ0) is 34.2. The first kappa shape index (κ1) is 36.4. The van der Waals surface area contributed by atoms with Crippen LogP contribution in [-0.4, -0.2) is 94.5 Å². The van der Waals surface area contributed by atoms with Gasteiger partial charge in [0.2, 0.25) is 17.8 Å². The summed E-state index contributed by atoms with van der Waals surface area (Å²) >= 11 is 0. The number of rotatable bonds is 12. The maximum Gasteiger partial charge on any atom is 0.416 e. The number of hydrogen-bond donors (Lipinski definition) is 3. The number of morpholine rings is 1. The van der Waals surface area contributed by atoms with Crippen LogP contribution >= 0.6 is 0 Å². The summed E-state index contributed by atoms with van der Waals surface area (Å²) in [7, 11) is 1.67. The molecule has 2 aromatic rings. The highest BCUT2D eigenvalue weighted by atomic mass is 19.4. The van der Waals surface area contributed by atoms with Crippen LogP contribution in [0.3, 0.4) is 0 Å². The van der Waals surface area contributed by atoms with Gasteiger partial charge in [0.15, 0.2) is 12.4 Å². The molecule has 0 bridgehead atoms. The number of aromatic nitrogens is 4. The third-order valence-electron chi connectivity index (χ3n) is 8.41. The smallest absolute Gasteiger partial charge is 0.381 e. The number of alkyl halides is 5. The summed E-state index contributed by atoms with van der Waals surface area (Å²) < 4.78 is 81.9. The molecule has 3 N–H and O–H groups in total. The van der Waals surface area contributed by atoms with Crippen molar-refractivity contribution in [2.75, 3.05) is 32.2 Å². The van der Waals surface area contributed by atoms with Gasteiger partial charge >= 0.3 is 6.18 Å². The maximum absolute atomic E-state index is 14.1. The topological polar surface area (TPSA) is 137 Å². The fraction of sp³-hybridized carbons (Fsp3) is 0.700. The number of nitrogens with zero attached hydrogens (tertiary/aromatic N) is 5. The summed E-state index contributed by atoms with van der Waals surface area (Å²) in [6.07, 6.45) is -2.62. The molecule has 4 unspecified atom stereocenters. The molecule has 47 heavy (non-hydrogen) atoms. The zero-order valence-corrected chi connectivity index (χ0v) is 26.7. The van der Waals surface area contributed by atoms with Crippen LogP contribution in [0.2, 0.25) is 0 Å². The molecule has 3 aliphatic rings. The molecule has 262 valence electrons. The molecule has 0 aliphatic carbocycles. The van der Waals surface area contributed by atoms with Crippen LogP contribution in [0.15, 0.2) is 23.5 Å². The number of amides is 1. The Morgan fingerprint density at radius 1 is 1.17 bits per heavy atom. The van der Waals surface area contributed by atoms with Crippen LogP contribution in [0.1, 0.15) is 81.0 Å². The molecule has 0 radical (unpaired) electrons. The summed E-state index contributed by atoms with van der Waals surface area (Å²) in [5, 5.41) is 9.22. The summed E-state index contributed by atoms with van der Waals surface area (Å²) in [6, 6.07) is 0.645. The van der Waals surface area contributed by atoms with Gasteiger partial charge in [-0.15, -0.1) is 0 Å². The van der Waals surface area contributed by atoms with Gasteiger partial charge in [-0.25, -0.2) is 23.4 Å². The standard InChI is InChI=1S/C24H35F5N6O3.C6H8N2O/c1-3-7-23(25,26)8-4-15(30-2)17-13-35-22(32-17)33-20(14-5-9-37-10-6-14)16(34-35)11-18-21(36)31-12-19(38-18)24(27,28)29;1-2-8-6(5-9)3-4-7-8/h13-16,18-19,30,34H,3-12H2,1-2H3,(H,31,36);3-5H,2H2,1H3. The minimum atomic E-state index is -4.61. The number of nitrogens with one attached hydrogen (secondary N) is 3. The van der Waals surface area contributed by atoms with Gasteiger partial charge in [-0.2, -0.15) is 18.3 Å². The number of carbonyl (C=O) groups is 2. The summed E-state index contributed by atoms with van der Waals surface area (Å²) in [5.41, 5.74) is 5.04. The quantitative estimate of drug-likeness (QED) is 0.224. The van der Waals surface area contributed by atoms with E-state index in [0.717, 1.165) is 12.8 Å². The fourth-order valence-corrected chi connectivity index (χ4v) is 5.88. The lowest BCUT2D eigenvalue weighted by Gasteiger charge is -2.36. The van der Waals surface area contributed by atoms with Crippen molar-refractivity contribution < 1.29 is 41.0 Å². The third kappa shape index (κ3) is 9.56. The number of hydrogen-bond acceptors (Lipinski definition) is 9. The van der Waals surface area contributed by atoms with E-state index in [4.69, 9.17) is 14.5 Å². The Balaban J connectivity index is 0.000000479. The minimum Gasteiger partial charge on any atom is -0.381 e. The molecule has 0 aromatic carbocycles. The Morgan fingerprint density at radius 3 is 2.53 bits per heavy atom. The van der Waals surface area contributed by atoms with Gasteiger partial charge in [0.25, 0.3) is 0 Å². The molecule has 5 rings (SSSR count). The van der Waals surface area contributed by atoms with Gasteiger partial charge in [-0.1, -0.05) is 13.3 Å². The molecule has 12 nitrogen and oxygen atoms in total. The Bertz CT molecular complexity index is 1360. The largest absolute Gasteiger partial charge is 0.416 e. The zero-order valence-electron chi connectivity index (χ0n) is 26.7. The number of carbonyl (C=O) groups excluding carboxylic acids is 2. The fourth-order valence-electron chi connectivity index (χ4n) is 5.88. The minimum absolute atomic E-state index is 0.0203. The van der Waals surface area contributed by atoms with Gasteiger partial charge in [0.05, 0.1) is 30.5 Å². The number of aryl methyl sites for hydroxylation is 1. The first-order chi connectivity index (χ1) is 22.4. The molecule has 2 fully saturated rings. The monoisotopic (exact) mass is 674 g/mol. The molecule has 2 saturated heterocycles. The highest BCUT2D eigenvalue weighted by Crippen LogP contribution is 2.33. The molecule has 3 aliphatic heterocycles. The summed E-state index contributed by atoms with van der Waals surface area (Å²) in [4.78, 5) is 31.9. The molecule has 1 amide bonds. The van der Waals surface area contributed by atoms with Gasteiger partial charge in [-0.05, 0) is 39.3 Å². The number of aliphatic imine (C=N–C) groups is 1. The molecule has 17 heteroatoms. The average Bonchev–Trinajstić information content (AvgIpc) is 3.68. The Kier molecular flexibility index (Phi) is 12.5. The Labute approximate surface area is 269 Å². The average molecular weight is 675 g/mol. The molecule has 2 aromatic heterocycles. The molecule has 4 atom stereocenters. The molecular weight excluding hydrogens is 631 g/mol. The maximum atomic E-state index is 14.1. The van der Waals surface area contributed by atoms with E-state index in [1.54, 1.807) is 41.8 Å². The van der Waals surface area contributed by atoms with Crippen LogP contribution in [0.4, 0.5) is 27.9 Å². The van der Waals surface area contributed by atoms with Crippen molar-refractivity contribution >= 4 is 23.9 Å².